The maximum Gasteiger partial charge on any atom is 0.187 e. The summed E-state index contributed by atoms with van der Waals surface area (Å²) >= 11 is 3.36. The number of aliphatic hydroxyl groups excluding tert-OH is 1. The molecular formula is C29H28BrF2NO4. The van der Waals surface area contributed by atoms with Crippen LogP contribution in [0.1, 0.15) is 29.5 Å². The normalized spacial score (nSPS) is 19.4. The van der Waals surface area contributed by atoms with Gasteiger partial charge in [0.2, 0.25) is 0 Å². The molecule has 0 spiro atoms. The first-order chi connectivity index (χ1) is 17.9. The van der Waals surface area contributed by atoms with Gasteiger partial charge in [0.1, 0.15) is 35.3 Å². The van der Waals surface area contributed by atoms with E-state index in [0.29, 0.717) is 48.2 Å². The number of nitrogens with zero attached hydrogens (tertiary/aromatic N) is 1. The molecule has 3 atom stereocenters. The van der Waals surface area contributed by atoms with E-state index in [4.69, 9.17) is 9.47 Å². The van der Waals surface area contributed by atoms with Gasteiger partial charge in [-0.3, -0.25) is 9.69 Å². The molecular weight excluding hydrogens is 544 g/mol. The number of fused-ring (bicyclic) bond motifs is 2. The molecule has 8 heteroatoms. The zero-order chi connectivity index (χ0) is 25.9. The van der Waals surface area contributed by atoms with Crippen LogP contribution >= 0.6 is 15.9 Å². The van der Waals surface area contributed by atoms with Gasteiger partial charge in [-0.25, -0.2) is 8.78 Å². The molecule has 0 unspecified atom stereocenters. The number of halogens is 3. The number of benzene rings is 3. The number of hydrogen-bond acceptors (Lipinski definition) is 5. The summed E-state index contributed by atoms with van der Waals surface area (Å²) in [6.07, 6.45) is 0.182. The highest BCUT2D eigenvalue weighted by molar-refractivity contribution is 9.10. The fourth-order valence-corrected chi connectivity index (χ4v) is 5.59. The van der Waals surface area contributed by atoms with Gasteiger partial charge in [-0.1, -0.05) is 30.3 Å². The van der Waals surface area contributed by atoms with Crippen molar-refractivity contribution in [2.75, 3.05) is 13.1 Å². The summed E-state index contributed by atoms with van der Waals surface area (Å²) in [4.78, 5) is 15.2. The zero-order valence-electron chi connectivity index (χ0n) is 20.2. The average molecular weight is 572 g/mol. The van der Waals surface area contributed by atoms with Gasteiger partial charge < -0.3 is 14.6 Å². The third kappa shape index (κ3) is 6.20. The first kappa shape index (κ1) is 25.8. The summed E-state index contributed by atoms with van der Waals surface area (Å²) in [5.41, 5.74) is 2.55. The van der Waals surface area contributed by atoms with Gasteiger partial charge in [-0.05, 0) is 88.6 Å². The molecule has 0 radical (unpaired) electrons. The predicted molar refractivity (Wildman–Crippen MR) is 139 cm³/mol. The van der Waals surface area contributed by atoms with Crippen LogP contribution in [0, 0.1) is 11.6 Å². The number of hydrogen-bond donors (Lipinski definition) is 1. The minimum atomic E-state index is -0.863. The molecule has 194 valence electrons. The van der Waals surface area contributed by atoms with E-state index in [1.165, 1.54) is 24.3 Å². The Kier molecular flexibility index (Phi) is 7.88. The summed E-state index contributed by atoms with van der Waals surface area (Å²) in [6.45, 7) is 0.774. The Morgan fingerprint density at radius 1 is 1.00 bits per heavy atom. The van der Waals surface area contributed by atoms with Crippen molar-refractivity contribution in [2.24, 2.45) is 0 Å². The molecule has 5 rings (SSSR count). The first-order valence-electron chi connectivity index (χ1n) is 12.4. The molecule has 3 aromatic rings. The predicted octanol–water partition coefficient (Wildman–Crippen LogP) is 5.25. The minimum absolute atomic E-state index is 0.0887. The van der Waals surface area contributed by atoms with Gasteiger partial charge >= 0.3 is 0 Å². The van der Waals surface area contributed by atoms with Crippen LogP contribution in [0.4, 0.5) is 8.78 Å². The molecule has 2 aliphatic rings. The fourth-order valence-electron chi connectivity index (χ4n) is 5.03. The van der Waals surface area contributed by atoms with Crippen molar-refractivity contribution in [3.63, 3.8) is 0 Å². The van der Waals surface area contributed by atoms with Crippen LogP contribution in [-0.2, 0) is 24.2 Å². The minimum Gasteiger partial charge on any atom is -0.486 e. The Morgan fingerprint density at radius 3 is 2.57 bits per heavy atom. The summed E-state index contributed by atoms with van der Waals surface area (Å²) in [5.74, 6) is 0.342. The molecule has 0 bridgehead atoms. The smallest absolute Gasteiger partial charge is 0.187 e. The van der Waals surface area contributed by atoms with Crippen LogP contribution in [0.2, 0.25) is 0 Å². The molecule has 0 amide bonds. The molecule has 0 aliphatic carbocycles. The second-order valence-electron chi connectivity index (χ2n) is 9.66. The number of Topliss-reactive ketones (excluding diaryl/α,β-unsaturated/α-hetero) is 1. The Bertz CT molecular complexity index is 1270. The van der Waals surface area contributed by atoms with Crippen molar-refractivity contribution in [1.82, 2.24) is 4.90 Å². The topological polar surface area (TPSA) is 59.0 Å². The summed E-state index contributed by atoms with van der Waals surface area (Å²) in [6, 6.07) is 16.9. The summed E-state index contributed by atoms with van der Waals surface area (Å²) < 4.78 is 39.8. The third-order valence-corrected chi connectivity index (χ3v) is 7.47. The van der Waals surface area contributed by atoms with Crippen molar-refractivity contribution in [3.05, 3.63) is 93.5 Å². The number of aliphatic hydroxyl groups is 1. The highest BCUT2D eigenvalue weighted by Gasteiger charge is 2.32. The van der Waals surface area contributed by atoms with Crippen molar-refractivity contribution < 1.29 is 28.2 Å². The molecule has 37 heavy (non-hydrogen) atoms. The van der Waals surface area contributed by atoms with Gasteiger partial charge in [-0.2, -0.15) is 0 Å². The number of aryl methyl sites for hydroxylation is 2. The van der Waals surface area contributed by atoms with Crippen molar-refractivity contribution >= 4 is 21.7 Å². The lowest BCUT2D eigenvalue weighted by molar-refractivity contribution is -0.128. The van der Waals surface area contributed by atoms with Crippen LogP contribution in [0.25, 0.3) is 0 Å². The number of ketones is 1. The highest BCUT2D eigenvalue weighted by Crippen LogP contribution is 2.36. The van der Waals surface area contributed by atoms with Crippen molar-refractivity contribution in [3.8, 4) is 11.5 Å². The summed E-state index contributed by atoms with van der Waals surface area (Å²) in [5, 5.41) is 11.1. The van der Waals surface area contributed by atoms with Crippen molar-refractivity contribution in [1.29, 1.82) is 0 Å². The van der Waals surface area contributed by atoms with Crippen molar-refractivity contribution in [2.45, 2.75) is 50.5 Å². The van der Waals surface area contributed by atoms with Gasteiger partial charge in [0.25, 0.3) is 0 Å². The van der Waals surface area contributed by atoms with Crippen LogP contribution in [0.5, 0.6) is 11.5 Å². The number of carbonyl (C=O) groups excluding carboxylic acids is 1. The van der Waals surface area contributed by atoms with Gasteiger partial charge in [-0.15, -0.1) is 0 Å². The van der Waals surface area contributed by atoms with E-state index in [9.17, 15) is 18.7 Å². The molecule has 2 aliphatic heterocycles. The van der Waals surface area contributed by atoms with E-state index in [1.54, 1.807) is 6.07 Å². The quantitative estimate of drug-likeness (QED) is 0.400. The van der Waals surface area contributed by atoms with E-state index < -0.39 is 18.3 Å². The van der Waals surface area contributed by atoms with E-state index >= 15 is 0 Å². The van der Waals surface area contributed by atoms with Gasteiger partial charge in [0, 0.05) is 13.1 Å². The highest BCUT2D eigenvalue weighted by atomic mass is 79.9. The molecule has 0 saturated heterocycles. The molecule has 5 nitrogen and oxygen atoms in total. The Hall–Kier alpha value is -2.81. The molecule has 0 saturated carbocycles. The molecule has 2 heterocycles. The monoisotopic (exact) mass is 571 g/mol. The van der Waals surface area contributed by atoms with Gasteiger partial charge in [0.15, 0.2) is 11.9 Å². The van der Waals surface area contributed by atoms with Crippen LogP contribution in [-0.4, -0.2) is 47.2 Å². The molecule has 0 fully saturated rings. The van der Waals surface area contributed by atoms with Crippen LogP contribution < -0.4 is 9.47 Å². The van der Waals surface area contributed by atoms with Crippen LogP contribution in [0.3, 0.4) is 0 Å². The number of rotatable bonds is 8. The maximum atomic E-state index is 13.8. The Balaban J connectivity index is 1.28. The Morgan fingerprint density at radius 2 is 1.76 bits per heavy atom. The summed E-state index contributed by atoms with van der Waals surface area (Å²) in [7, 11) is 0. The molecule has 1 N–H and O–H groups in total. The number of carbonyl (C=O) groups is 1. The lowest BCUT2D eigenvalue weighted by atomic mass is 9.98. The fraction of sp³-hybridized carbons (Fsp3) is 0.345. The van der Waals surface area contributed by atoms with E-state index in [-0.39, 0.29) is 30.5 Å². The first-order valence-corrected chi connectivity index (χ1v) is 13.2. The molecule has 3 aromatic carbocycles. The van der Waals surface area contributed by atoms with E-state index in [0.717, 1.165) is 16.7 Å². The SMILES string of the molecule is O=C(CN(Cc1ccccc1)C[C@H](O)[C@@H]1CCc2cc(F)cc(Br)c2O1)[C@H]1CCc2cc(F)ccc2O1. The van der Waals surface area contributed by atoms with E-state index in [2.05, 4.69) is 15.9 Å². The van der Waals surface area contributed by atoms with E-state index in [1.807, 2.05) is 35.2 Å². The Labute approximate surface area is 223 Å². The second kappa shape index (κ2) is 11.3. The third-order valence-electron chi connectivity index (χ3n) is 6.88. The van der Waals surface area contributed by atoms with Gasteiger partial charge in [0.05, 0.1) is 11.0 Å². The number of ether oxygens (including phenoxy) is 2. The van der Waals surface area contributed by atoms with Crippen LogP contribution in [0.15, 0.2) is 65.1 Å². The maximum absolute atomic E-state index is 13.8. The lowest BCUT2D eigenvalue weighted by Gasteiger charge is -2.34. The second-order valence-corrected chi connectivity index (χ2v) is 10.5. The largest absolute Gasteiger partial charge is 0.486 e. The molecule has 0 aromatic heterocycles. The lowest BCUT2D eigenvalue weighted by Crippen LogP contribution is -2.46. The zero-order valence-corrected chi connectivity index (χ0v) is 21.8. The average Bonchev–Trinajstić information content (AvgIpc) is 2.88. The standard InChI is InChI=1S/C29H28BrF2NO4/c30-23-14-22(32)13-20-7-10-28(37-29(20)23)25(35)17-33(15-18-4-2-1-3-5-18)16-24(34)27-9-6-19-12-21(31)8-11-26(19)36-27/h1-5,8,11-14,25,27-28,35H,6-7,9-10,15-17H2/t25-,27+,28-/m0/s1.